The predicted octanol–water partition coefficient (Wildman–Crippen LogP) is 2.12. The molecule has 0 radical (unpaired) electrons. The highest BCUT2D eigenvalue weighted by atomic mass is 32.1. The normalized spacial score (nSPS) is 14.7. The molecule has 1 heterocycles. The number of nitrogens with two attached hydrogens (primary N) is 1. The molecule has 0 saturated carbocycles. The summed E-state index contributed by atoms with van der Waals surface area (Å²) in [5, 5.41) is 0. The van der Waals surface area contributed by atoms with Crippen molar-refractivity contribution in [2.24, 2.45) is 5.73 Å². The Bertz CT molecular complexity index is 384. The number of ether oxygens (including phenoxy) is 1. The van der Waals surface area contributed by atoms with Gasteiger partial charge in [0.2, 0.25) is 0 Å². The minimum Gasteiger partial charge on any atom is -0.492 e. The average molecular weight is 225 g/mol. The van der Waals surface area contributed by atoms with Crippen molar-refractivity contribution in [1.29, 1.82) is 0 Å². The van der Waals surface area contributed by atoms with Crippen LogP contribution < -0.4 is 10.5 Å². The molecule has 0 aromatic carbocycles. The molecule has 1 aromatic heterocycles. The number of thiophene rings is 1. The zero-order chi connectivity index (χ0) is 10.8. The van der Waals surface area contributed by atoms with Gasteiger partial charge >= 0.3 is 0 Å². The maximum Gasteiger partial charge on any atom is 0.262 e. The van der Waals surface area contributed by atoms with Gasteiger partial charge in [-0.1, -0.05) is 0 Å². The molecule has 0 fully saturated rings. The van der Waals surface area contributed by atoms with Crippen LogP contribution >= 0.6 is 11.3 Å². The highest BCUT2D eigenvalue weighted by Gasteiger charge is 2.24. The van der Waals surface area contributed by atoms with E-state index in [1.165, 1.54) is 34.6 Å². The van der Waals surface area contributed by atoms with Crippen molar-refractivity contribution in [2.75, 3.05) is 6.61 Å². The molecule has 0 unspecified atom stereocenters. The van der Waals surface area contributed by atoms with Gasteiger partial charge in [0.15, 0.2) is 0 Å². The number of rotatable bonds is 3. The Morgan fingerprint density at radius 2 is 2.20 bits per heavy atom. The quantitative estimate of drug-likeness (QED) is 0.856. The van der Waals surface area contributed by atoms with E-state index in [1.807, 2.05) is 6.92 Å². The summed E-state index contributed by atoms with van der Waals surface area (Å²) >= 11 is 1.51. The number of carbonyl (C=O) groups excluding carboxylic acids is 1. The van der Waals surface area contributed by atoms with Gasteiger partial charge in [0, 0.05) is 10.4 Å². The summed E-state index contributed by atoms with van der Waals surface area (Å²) in [7, 11) is 0. The number of aryl methyl sites for hydroxylation is 1. The summed E-state index contributed by atoms with van der Waals surface area (Å²) in [6, 6.07) is 0. The van der Waals surface area contributed by atoms with Crippen LogP contribution in [-0.4, -0.2) is 12.5 Å². The van der Waals surface area contributed by atoms with Crippen LogP contribution in [0, 0.1) is 0 Å². The van der Waals surface area contributed by atoms with Crippen molar-refractivity contribution in [3.63, 3.8) is 0 Å². The van der Waals surface area contributed by atoms with E-state index in [9.17, 15) is 4.79 Å². The van der Waals surface area contributed by atoms with Crippen LogP contribution in [0.1, 0.15) is 39.9 Å². The molecule has 1 amide bonds. The van der Waals surface area contributed by atoms with E-state index in [-0.39, 0.29) is 5.91 Å². The lowest BCUT2D eigenvalue weighted by atomic mass is 9.98. The third kappa shape index (κ3) is 1.86. The van der Waals surface area contributed by atoms with Gasteiger partial charge in [0.05, 0.1) is 6.61 Å². The number of amides is 1. The Balaban J connectivity index is 2.45. The van der Waals surface area contributed by atoms with Crippen LogP contribution in [0.4, 0.5) is 0 Å². The molecule has 0 bridgehead atoms. The molecule has 4 heteroatoms. The molecular formula is C11H15NO2S. The molecule has 2 rings (SSSR count). The number of carbonyl (C=O) groups is 1. The van der Waals surface area contributed by atoms with Crippen LogP contribution in [0.2, 0.25) is 0 Å². The van der Waals surface area contributed by atoms with Crippen molar-refractivity contribution in [3.8, 4) is 5.75 Å². The second-order valence-electron chi connectivity index (χ2n) is 3.67. The molecule has 2 N–H and O–H groups in total. The van der Waals surface area contributed by atoms with Crippen LogP contribution in [0.3, 0.4) is 0 Å². The fraction of sp³-hybridized carbons (Fsp3) is 0.545. The van der Waals surface area contributed by atoms with Gasteiger partial charge in [-0.3, -0.25) is 4.79 Å². The van der Waals surface area contributed by atoms with Crippen LogP contribution in [-0.2, 0) is 12.8 Å². The van der Waals surface area contributed by atoms with E-state index in [2.05, 4.69) is 0 Å². The summed E-state index contributed by atoms with van der Waals surface area (Å²) < 4.78 is 5.55. The SMILES string of the molecule is CCOc1c(C(N)=O)sc2c1CCCC2. The van der Waals surface area contributed by atoms with Gasteiger partial charge < -0.3 is 10.5 Å². The first-order chi connectivity index (χ1) is 7.24. The van der Waals surface area contributed by atoms with E-state index in [4.69, 9.17) is 10.5 Å². The monoisotopic (exact) mass is 225 g/mol. The summed E-state index contributed by atoms with van der Waals surface area (Å²) in [4.78, 5) is 13.2. The lowest BCUT2D eigenvalue weighted by Crippen LogP contribution is -2.11. The highest BCUT2D eigenvalue weighted by Crippen LogP contribution is 2.39. The van der Waals surface area contributed by atoms with E-state index in [0.717, 1.165) is 18.6 Å². The highest BCUT2D eigenvalue weighted by molar-refractivity contribution is 7.14. The van der Waals surface area contributed by atoms with Gasteiger partial charge in [-0.05, 0) is 32.6 Å². The first-order valence-electron chi connectivity index (χ1n) is 5.31. The smallest absolute Gasteiger partial charge is 0.262 e. The Morgan fingerprint density at radius 3 is 2.87 bits per heavy atom. The third-order valence-electron chi connectivity index (χ3n) is 2.64. The maximum atomic E-state index is 11.3. The van der Waals surface area contributed by atoms with Crippen molar-refractivity contribution in [1.82, 2.24) is 0 Å². The first kappa shape index (κ1) is 10.5. The van der Waals surface area contributed by atoms with Gasteiger partial charge in [-0.25, -0.2) is 0 Å². The Labute approximate surface area is 93.2 Å². The van der Waals surface area contributed by atoms with E-state index < -0.39 is 0 Å². The largest absolute Gasteiger partial charge is 0.492 e. The van der Waals surface area contributed by atoms with E-state index in [0.29, 0.717) is 11.5 Å². The lowest BCUT2D eigenvalue weighted by Gasteiger charge is -2.12. The molecule has 0 atom stereocenters. The fourth-order valence-corrected chi connectivity index (χ4v) is 3.18. The molecule has 1 aliphatic carbocycles. The maximum absolute atomic E-state index is 11.3. The molecule has 15 heavy (non-hydrogen) atoms. The van der Waals surface area contributed by atoms with Gasteiger partial charge in [-0.2, -0.15) is 0 Å². The second kappa shape index (κ2) is 4.23. The van der Waals surface area contributed by atoms with Gasteiger partial charge in [0.1, 0.15) is 10.6 Å². The molecule has 0 saturated heterocycles. The Morgan fingerprint density at radius 1 is 1.47 bits per heavy atom. The fourth-order valence-electron chi connectivity index (χ4n) is 2.00. The Hall–Kier alpha value is -1.03. The van der Waals surface area contributed by atoms with Crippen LogP contribution in [0.15, 0.2) is 0 Å². The summed E-state index contributed by atoms with van der Waals surface area (Å²) in [6.07, 6.45) is 4.47. The molecular weight excluding hydrogens is 210 g/mol. The molecule has 1 aliphatic rings. The average Bonchev–Trinajstić information content (AvgIpc) is 2.58. The van der Waals surface area contributed by atoms with Crippen LogP contribution in [0.5, 0.6) is 5.75 Å². The molecule has 1 aromatic rings. The third-order valence-corrected chi connectivity index (χ3v) is 3.92. The number of hydrogen-bond donors (Lipinski definition) is 1. The topological polar surface area (TPSA) is 52.3 Å². The molecule has 0 spiro atoms. The molecule has 82 valence electrons. The minimum atomic E-state index is -0.363. The standard InChI is InChI=1S/C11H15NO2S/c1-2-14-9-7-5-3-4-6-8(7)15-10(9)11(12)13/h2-6H2,1H3,(H2,12,13). The number of primary amides is 1. The summed E-state index contributed by atoms with van der Waals surface area (Å²) in [5.41, 5.74) is 6.57. The van der Waals surface area contributed by atoms with Crippen LogP contribution in [0.25, 0.3) is 0 Å². The Kier molecular flexibility index (Phi) is 2.95. The van der Waals surface area contributed by atoms with Crippen molar-refractivity contribution in [2.45, 2.75) is 32.6 Å². The van der Waals surface area contributed by atoms with E-state index in [1.54, 1.807) is 0 Å². The predicted molar refractivity (Wildman–Crippen MR) is 60.6 cm³/mol. The molecule has 3 nitrogen and oxygen atoms in total. The zero-order valence-corrected chi connectivity index (χ0v) is 9.65. The van der Waals surface area contributed by atoms with E-state index >= 15 is 0 Å². The number of fused-ring (bicyclic) bond motifs is 1. The van der Waals surface area contributed by atoms with Crippen molar-refractivity contribution >= 4 is 17.2 Å². The zero-order valence-electron chi connectivity index (χ0n) is 8.84. The van der Waals surface area contributed by atoms with Gasteiger partial charge in [-0.15, -0.1) is 11.3 Å². The van der Waals surface area contributed by atoms with Gasteiger partial charge in [0.25, 0.3) is 5.91 Å². The summed E-state index contributed by atoms with van der Waals surface area (Å²) in [6.45, 7) is 2.51. The minimum absolute atomic E-state index is 0.363. The van der Waals surface area contributed by atoms with Crippen molar-refractivity contribution in [3.05, 3.63) is 15.3 Å². The first-order valence-corrected chi connectivity index (χ1v) is 6.12. The summed E-state index contributed by atoms with van der Waals surface area (Å²) in [5.74, 6) is 0.391. The lowest BCUT2D eigenvalue weighted by molar-refractivity contribution is 0.100. The number of hydrogen-bond acceptors (Lipinski definition) is 3. The molecule has 0 aliphatic heterocycles. The van der Waals surface area contributed by atoms with Crippen molar-refractivity contribution < 1.29 is 9.53 Å². The second-order valence-corrected chi connectivity index (χ2v) is 4.77.